The maximum absolute atomic E-state index is 13.2. The lowest BCUT2D eigenvalue weighted by Gasteiger charge is -2.39. The maximum Gasteiger partial charge on any atom is 0.255 e. The highest BCUT2D eigenvalue weighted by atomic mass is 16.2. The molecule has 2 aromatic rings. The summed E-state index contributed by atoms with van der Waals surface area (Å²) in [5, 5.41) is 0. The summed E-state index contributed by atoms with van der Waals surface area (Å²) >= 11 is 0. The molecule has 27 heavy (non-hydrogen) atoms. The largest absolute Gasteiger partial charge is 0.338 e. The predicted octanol–water partition coefficient (Wildman–Crippen LogP) is 2.44. The second-order valence-corrected chi connectivity index (χ2v) is 7.60. The van der Waals surface area contributed by atoms with Gasteiger partial charge >= 0.3 is 0 Å². The first kappa shape index (κ1) is 17.6. The minimum atomic E-state index is -0.445. The van der Waals surface area contributed by atoms with Gasteiger partial charge in [-0.15, -0.1) is 0 Å². The zero-order valence-corrected chi connectivity index (χ0v) is 15.6. The second kappa shape index (κ2) is 7.10. The van der Waals surface area contributed by atoms with Crippen LogP contribution >= 0.6 is 0 Å². The van der Waals surface area contributed by atoms with Crippen LogP contribution in [0, 0.1) is 12.3 Å². The molecular weight excluding hydrogens is 340 g/mol. The summed E-state index contributed by atoms with van der Waals surface area (Å²) in [5.74, 6) is 0.128. The number of carbonyl (C=O) groups excluding carboxylic acids is 2. The van der Waals surface area contributed by atoms with Crippen LogP contribution in [0.3, 0.4) is 0 Å². The summed E-state index contributed by atoms with van der Waals surface area (Å²) in [6, 6.07) is 9.44. The molecule has 2 aliphatic heterocycles. The molecule has 1 spiro atoms. The number of carbonyl (C=O) groups is 2. The van der Waals surface area contributed by atoms with Crippen LogP contribution in [0.5, 0.6) is 0 Å². The van der Waals surface area contributed by atoms with Gasteiger partial charge in [0.15, 0.2) is 0 Å². The van der Waals surface area contributed by atoms with Crippen molar-refractivity contribution < 1.29 is 9.59 Å². The molecule has 1 unspecified atom stereocenters. The molecule has 1 atom stereocenters. The molecule has 0 aromatic carbocycles. The Hall–Kier alpha value is -2.76. The summed E-state index contributed by atoms with van der Waals surface area (Å²) in [7, 11) is 0. The highest BCUT2D eigenvalue weighted by molar-refractivity contribution is 5.95. The summed E-state index contributed by atoms with van der Waals surface area (Å²) in [6.07, 6.45) is 5.76. The number of aryl methyl sites for hydroxylation is 1. The van der Waals surface area contributed by atoms with Crippen molar-refractivity contribution >= 4 is 11.8 Å². The molecule has 4 rings (SSSR count). The topological polar surface area (TPSA) is 66.4 Å². The van der Waals surface area contributed by atoms with Crippen molar-refractivity contribution in [2.45, 2.75) is 32.7 Å². The molecule has 0 saturated carbocycles. The number of hydrogen-bond acceptors (Lipinski definition) is 4. The Morgan fingerprint density at radius 2 is 2.07 bits per heavy atom. The van der Waals surface area contributed by atoms with Crippen LogP contribution in [0.15, 0.2) is 42.7 Å². The molecule has 6 heteroatoms. The van der Waals surface area contributed by atoms with Gasteiger partial charge in [-0.3, -0.25) is 19.6 Å². The van der Waals surface area contributed by atoms with Gasteiger partial charge in [-0.05, 0) is 50.5 Å². The number of pyridine rings is 2. The van der Waals surface area contributed by atoms with Gasteiger partial charge in [0.05, 0.1) is 23.2 Å². The standard InChI is InChI=1S/C21H24N4O2/c1-16-5-2-7-18(23-16)14-24-12-9-21(20(24)27)8-4-11-25(15-21)19(26)17-6-3-10-22-13-17/h2-3,5-7,10,13H,4,8-9,11-12,14-15H2,1H3. The molecular formula is C21H24N4O2. The van der Waals surface area contributed by atoms with Gasteiger partial charge in [-0.25, -0.2) is 0 Å². The van der Waals surface area contributed by atoms with E-state index in [4.69, 9.17) is 0 Å². The smallest absolute Gasteiger partial charge is 0.255 e. The Morgan fingerprint density at radius 3 is 2.85 bits per heavy atom. The van der Waals surface area contributed by atoms with Crippen LogP contribution in [0.1, 0.15) is 41.0 Å². The summed E-state index contributed by atoms with van der Waals surface area (Å²) in [5.41, 5.74) is 2.01. The van der Waals surface area contributed by atoms with Crippen molar-refractivity contribution in [1.29, 1.82) is 0 Å². The Kier molecular flexibility index (Phi) is 4.64. The third-order valence-corrected chi connectivity index (χ3v) is 5.67. The molecule has 0 N–H and O–H groups in total. The number of rotatable bonds is 3. The van der Waals surface area contributed by atoms with Gasteiger partial charge in [0.2, 0.25) is 5.91 Å². The predicted molar refractivity (Wildman–Crippen MR) is 101 cm³/mol. The third-order valence-electron chi connectivity index (χ3n) is 5.67. The average molecular weight is 364 g/mol. The van der Waals surface area contributed by atoms with Crippen molar-refractivity contribution in [2.75, 3.05) is 19.6 Å². The molecule has 2 saturated heterocycles. The Balaban J connectivity index is 1.48. The van der Waals surface area contributed by atoms with Gasteiger partial charge < -0.3 is 9.80 Å². The van der Waals surface area contributed by atoms with E-state index in [0.717, 1.165) is 37.2 Å². The third kappa shape index (κ3) is 3.44. The van der Waals surface area contributed by atoms with E-state index >= 15 is 0 Å². The Labute approximate surface area is 159 Å². The fourth-order valence-electron chi connectivity index (χ4n) is 4.28. The fourth-order valence-corrected chi connectivity index (χ4v) is 4.28. The molecule has 0 radical (unpaired) electrons. The van der Waals surface area contributed by atoms with Crippen LogP contribution in [-0.2, 0) is 11.3 Å². The molecule has 6 nitrogen and oxygen atoms in total. The van der Waals surface area contributed by atoms with Crippen LogP contribution < -0.4 is 0 Å². The van der Waals surface area contributed by atoms with E-state index in [-0.39, 0.29) is 11.8 Å². The summed E-state index contributed by atoms with van der Waals surface area (Å²) in [4.78, 5) is 38.3. The number of piperidine rings is 1. The molecule has 0 bridgehead atoms. The van der Waals surface area contributed by atoms with Gasteiger partial charge in [0, 0.05) is 37.7 Å². The monoisotopic (exact) mass is 364 g/mol. The van der Waals surface area contributed by atoms with Crippen molar-refractivity contribution in [1.82, 2.24) is 19.8 Å². The summed E-state index contributed by atoms with van der Waals surface area (Å²) < 4.78 is 0. The van der Waals surface area contributed by atoms with Gasteiger partial charge in [0.25, 0.3) is 5.91 Å². The molecule has 4 heterocycles. The van der Waals surface area contributed by atoms with Gasteiger partial charge in [-0.2, -0.15) is 0 Å². The average Bonchev–Trinajstić information content (AvgIpc) is 2.97. The minimum absolute atomic E-state index is 0.0335. The quantitative estimate of drug-likeness (QED) is 0.839. The fraction of sp³-hybridized carbons (Fsp3) is 0.429. The Bertz CT molecular complexity index is 854. The first-order valence-electron chi connectivity index (χ1n) is 9.49. The van der Waals surface area contributed by atoms with E-state index < -0.39 is 5.41 Å². The zero-order chi connectivity index (χ0) is 18.9. The lowest BCUT2D eigenvalue weighted by molar-refractivity contribution is -0.138. The first-order valence-corrected chi connectivity index (χ1v) is 9.49. The van der Waals surface area contributed by atoms with Crippen molar-refractivity contribution in [3.05, 3.63) is 59.7 Å². The highest BCUT2D eigenvalue weighted by Crippen LogP contribution is 2.40. The Morgan fingerprint density at radius 1 is 1.19 bits per heavy atom. The lowest BCUT2D eigenvalue weighted by atomic mass is 9.78. The van der Waals surface area contributed by atoms with E-state index in [9.17, 15) is 9.59 Å². The van der Waals surface area contributed by atoms with Crippen LogP contribution in [-0.4, -0.2) is 51.2 Å². The summed E-state index contributed by atoms with van der Waals surface area (Å²) in [6.45, 7) is 4.42. The molecule has 2 aromatic heterocycles. The number of aromatic nitrogens is 2. The maximum atomic E-state index is 13.2. The van der Waals surface area contributed by atoms with E-state index in [0.29, 0.717) is 25.2 Å². The number of nitrogens with zero attached hydrogens (tertiary/aromatic N) is 4. The van der Waals surface area contributed by atoms with Crippen LogP contribution in [0.4, 0.5) is 0 Å². The number of amides is 2. The van der Waals surface area contributed by atoms with Crippen molar-refractivity contribution in [2.24, 2.45) is 5.41 Å². The van der Waals surface area contributed by atoms with Crippen LogP contribution in [0.25, 0.3) is 0 Å². The molecule has 2 aliphatic rings. The second-order valence-electron chi connectivity index (χ2n) is 7.60. The van der Waals surface area contributed by atoms with E-state index in [1.807, 2.05) is 34.9 Å². The first-order chi connectivity index (χ1) is 13.1. The lowest BCUT2D eigenvalue weighted by Crippen LogP contribution is -2.49. The van der Waals surface area contributed by atoms with Crippen molar-refractivity contribution in [3.8, 4) is 0 Å². The van der Waals surface area contributed by atoms with E-state index in [2.05, 4.69) is 9.97 Å². The normalized spacial score (nSPS) is 22.5. The SMILES string of the molecule is Cc1cccc(CN2CCC3(CCCN(C(=O)c4cccnc4)C3)C2=O)n1. The molecule has 140 valence electrons. The highest BCUT2D eigenvalue weighted by Gasteiger charge is 2.49. The number of hydrogen-bond donors (Lipinski definition) is 0. The van der Waals surface area contributed by atoms with Gasteiger partial charge in [-0.1, -0.05) is 6.07 Å². The molecule has 2 fully saturated rings. The van der Waals surface area contributed by atoms with Crippen LogP contribution in [0.2, 0.25) is 0 Å². The van der Waals surface area contributed by atoms with Gasteiger partial charge in [0.1, 0.15) is 0 Å². The molecule has 2 amide bonds. The van der Waals surface area contributed by atoms with E-state index in [1.54, 1.807) is 24.5 Å². The minimum Gasteiger partial charge on any atom is -0.338 e. The zero-order valence-electron chi connectivity index (χ0n) is 15.6. The van der Waals surface area contributed by atoms with E-state index in [1.165, 1.54) is 0 Å². The number of likely N-dealkylation sites (tertiary alicyclic amines) is 2. The van der Waals surface area contributed by atoms with Crippen molar-refractivity contribution in [3.63, 3.8) is 0 Å². The molecule has 0 aliphatic carbocycles.